The molecule has 0 saturated carbocycles. The lowest BCUT2D eigenvalue weighted by molar-refractivity contribution is 0.0697. The number of benzene rings is 3. The Hall–Kier alpha value is -2.34. The Balaban J connectivity index is 1.83. The van der Waals surface area contributed by atoms with E-state index in [0.29, 0.717) is 38.6 Å². The first-order valence-corrected chi connectivity index (χ1v) is 10.9. The molecule has 0 atom stereocenters. The Kier molecular flexibility index (Phi) is 7.53. The number of rotatable bonds is 6. The number of nitrogens with zero attached hydrogens (tertiary/aromatic N) is 1. The molecule has 1 N–H and O–H groups in total. The van der Waals surface area contributed by atoms with Gasteiger partial charge in [-0.05, 0) is 97.7 Å². The molecule has 3 rings (SSSR count). The average molecular weight is 595 g/mol. The van der Waals surface area contributed by atoms with E-state index in [0.717, 1.165) is 9.13 Å². The second-order valence-electron chi connectivity index (χ2n) is 6.28. The molecule has 0 amide bonds. The van der Waals surface area contributed by atoms with Gasteiger partial charge in [0.1, 0.15) is 6.61 Å². The standard InChI is InChI=1S/C23H14BrClINO3/c24-20-10-15(9-18(12-27)16-3-5-17(6-4-16)23(28)29)11-21(25)22(20)30-13-14-1-7-19(26)8-2-14/h1-11H,13H2,(H,28,29)/b18-9-. The fourth-order valence-electron chi connectivity index (χ4n) is 2.68. The highest BCUT2D eigenvalue weighted by Crippen LogP contribution is 2.36. The number of carboxylic acids is 1. The van der Waals surface area contributed by atoms with Crippen LogP contribution in [-0.2, 0) is 6.61 Å². The van der Waals surface area contributed by atoms with Gasteiger partial charge in [-0.15, -0.1) is 0 Å². The minimum absolute atomic E-state index is 0.163. The van der Waals surface area contributed by atoms with Gasteiger partial charge in [0.15, 0.2) is 5.75 Å². The Bertz CT molecular complexity index is 1130. The smallest absolute Gasteiger partial charge is 0.335 e. The van der Waals surface area contributed by atoms with Crippen molar-refractivity contribution in [2.24, 2.45) is 0 Å². The van der Waals surface area contributed by atoms with Crippen LogP contribution in [0, 0.1) is 14.9 Å². The molecule has 0 radical (unpaired) electrons. The molecular weight excluding hydrogens is 581 g/mol. The lowest BCUT2D eigenvalue weighted by atomic mass is 10.0. The quantitative estimate of drug-likeness (QED) is 0.189. The molecule has 3 aromatic carbocycles. The van der Waals surface area contributed by atoms with E-state index < -0.39 is 5.97 Å². The largest absolute Gasteiger partial charge is 0.486 e. The molecule has 4 nitrogen and oxygen atoms in total. The summed E-state index contributed by atoms with van der Waals surface area (Å²) in [5.74, 6) is -0.489. The summed E-state index contributed by atoms with van der Waals surface area (Å²) in [7, 11) is 0. The minimum atomic E-state index is -1.01. The van der Waals surface area contributed by atoms with Crippen LogP contribution in [0.1, 0.15) is 27.0 Å². The fourth-order valence-corrected chi connectivity index (χ4v) is 4.02. The zero-order chi connectivity index (χ0) is 21.7. The molecule has 0 bridgehead atoms. The molecule has 0 aromatic heterocycles. The minimum Gasteiger partial charge on any atom is -0.486 e. The Morgan fingerprint density at radius 2 is 1.77 bits per heavy atom. The molecule has 0 aliphatic heterocycles. The van der Waals surface area contributed by atoms with Crippen molar-refractivity contribution in [1.29, 1.82) is 5.26 Å². The van der Waals surface area contributed by atoms with Gasteiger partial charge in [0.2, 0.25) is 0 Å². The summed E-state index contributed by atoms with van der Waals surface area (Å²) in [6.45, 7) is 0.379. The third-order valence-corrected chi connectivity index (χ3v) is 5.78. The maximum absolute atomic E-state index is 11.0. The van der Waals surface area contributed by atoms with Gasteiger partial charge >= 0.3 is 5.97 Å². The van der Waals surface area contributed by atoms with Crippen LogP contribution in [0.15, 0.2) is 65.1 Å². The molecule has 0 fully saturated rings. The average Bonchev–Trinajstić information content (AvgIpc) is 2.73. The predicted octanol–water partition coefficient (Wildman–Crippen LogP) is 7.05. The monoisotopic (exact) mass is 593 g/mol. The van der Waals surface area contributed by atoms with Crippen molar-refractivity contribution in [3.8, 4) is 11.8 Å². The molecule has 0 spiro atoms. The number of hydrogen-bond donors (Lipinski definition) is 1. The van der Waals surface area contributed by atoms with Crippen LogP contribution in [0.25, 0.3) is 11.6 Å². The number of carbonyl (C=O) groups is 1. The van der Waals surface area contributed by atoms with E-state index >= 15 is 0 Å². The summed E-state index contributed by atoms with van der Waals surface area (Å²) in [5, 5.41) is 19.0. The number of allylic oxidation sites excluding steroid dienone is 1. The Labute approximate surface area is 201 Å². The number of carboxylic acid groups (broad SMARTS) is 1. The van der Waals surface area contributed by atoms with Crippen molar-refractivity contribution in [2.75, 3.05) is 0 Å². The highest BCUT2D eigenvalue weighted by molar-refractivity contribution is 14.1. The normalized spacial score (nSPS) is 11.1. The Morgan fingerprint density at radius 1 is 1.13 bits per heavy atom. The summed E-state index contributed by atoms with van der Waals surface area (Å²) in [6, 6.07) is 19.8. The molecular formula is C23H14BrClINO3. The first-order valence-electron chi connectivity index (χ1n) is 8.69. The maximum Gasteiger partial charge on any atom is 0.335 e. The second-order valence-corrected chi connectivity index (χ2v) is 8.79. The van der Waals surface area contributed by atoms with Gasteiger partial charge in [-0.2, -0.15) is 5.26 Å². The van der Waals surface area contributed by atoms with E-state index in [1.54, 1.807) is 24.3 Å². The van der Waals surface area contributed by atoms with Crippen molar-refractivity contribution < 1.29 is 14.6 Å². The van der Waals surface area contributed by atoms with E-state index in [-0.39, 0.29) is 5.56 Å². The Morgan fingerprint density at radius 3 is 2.33 bits per heavy atom. The summed E-state index contributed by atoms with van der Waals surface area (Å²) < 4.78 is 7.70. The van der Waals surface area contributed by atoms with E-state index in [9.17, 15) is 10.1 Å². The van der Waals surface area contributed by atoms with Gasteiger partial charge < -0.3 is 9.84 Å². The number of nitriles is 1. The number of halogens is 3. The molecule has 0 aliphatic carbocycles. The predicted molar refractivity (Wildman–Crippen MR) is 130 cm³/mol. The third kappa shape index (κ3) is 5.63. The molecule has 30 heavy (non-hydrogen) atoms. The van der Waals surface area contributed by atoms with Crippen LogP contribution in [0.4, 0.5) is 0 Å². The number of hydrogen-bond acceptors (Lipinski definition) is 3. The molecule has 0 aliphatic rings. The van der Waals surface area contributed by atoms with Crippen LogP contribution < -0.4 is 4.74 Å². The van der Waals surface area contributed by atoms with Crippen LogP contribution in [-0.4, -0.2) is 11.1 Å². The van der Waals surface area contributed by atoms with Crippen molar-refractivity contribution >= 4 is 67.7 Å². The lowest BCUT2D eigenvalue weighted by Gasteiger charge is -2.11. The lowest BCUT2D eigenvalue weighted by Crippen LogP contribution is -1.97. The topological polar surface area (TPSA) is 70.3 Å². The van der Waals surface area contributed by atoms with Gasteiger partial charge in [-0.25, -0.2) is 4.79 Å². The highest BCUT2D eigenvalue weighted by Gasteiger charge is 2.11. The van der Waals surface area contributed by atoms with Gasteiger partial charge in [-0.3, -0.25) is 0 Å². The molecule has 7 heteroatoms. The fraction of sp³-hybridized carbons (Fsp3) is 0.0435. The summed E-state index contributed by atoms with van der Waals surface area (Å²) in [5.41, 5.74) is 2.92. The molecule has 3 aromatic rings. The number of ether oxygens (including phenoxy) is 1. The third-order valence-electron chi connectivity index (χ3n) is 4.19. The SMILES string of the molecule is N#C/C(=C/c1cc(Cl)c(OCc2ccc(I)cc2)c(Br)c1)c1ccc(C(=O)O)cc1. The van der Waals surface area contributed by atoms with Crippen molar-refractivity contribution in [2.45, 2.75) is 6.61 Å². The van der Waals surface area contributed by atoms with E-state index in [1.165, 1.54) is 12.1 Å². The number of aromatic carboxylic acids is 1. The van der Waals surface area contributed by atoms with E-state index in [2.05, 4.69) is 44.6 Å². The molecule has 0 saturated heterocycles. The van der Waals surface area contributed by atoms with Gasteiger partial charge in [0.05, 0.1) is 26.7 Å². The second kappa shape index (κ2) is 10.1. The first-order chi connectivity index (χ1) is 14.4. The van der Waals surface area contributed by atoms with Crippen LogP contribution in [0.2, 0.25) is 5.02 Å². The van der Waals surface area contributed by atoms with E-state index in [4.69, 9.17) is 21.4 Å². The highest BCUT2D eigenvalue weighted by atomic mass is 127. The summed E-state index contributed by atoms with van der Waals surface area (Å²) in [4.78, 5) is 11.0. The van der Waals surface area contributed by atoms with Crippen molar-refractivity contribution in [3.63, 3.8) is 0 Å². The molecule has 150 valence electrons. The van der Waals surface area contributed by atoms with Gasteiger partial charge in [0.25, 0.3) is 0 Å². The van der Waals surface area contributed by atoms with Crippen LogP contribution in [0.3, 0.4) is 0 Å². The van der Waals surface area contributed by atoms with Gasteiger partial charge in [-0.1, -0.05) is 35.9 Å². The first kappa shape index (κ1) is 22.3. The van der Waals surface area contributed by atoms with Gasteiger partial charge in [0, 0.05) is 3.57 Å². The van der Waals surface area contributed by atoms with Crippen LogP contribution >= 0.6 is 50.1 Å². The van der Waals surface area contributed by atoms with Crippen molar-refractivity contribution in [3.05, 3.63) is 96.0 Å². The molecule has 0 unspecified atom stereocenters. The summed E-state index contributed by atoms with van der Waals surface area (Å²) in [6.07, 6.45) is 1.69. The zero-order valence-corrected chi connectivity index (χ0v) is 19.9. The maximum atomic E-state index is 11.0. The van der Waals surface area contributed by atoms with Crippen LogP contribution in [0.5, 0.6) is 5.75 Å². The molecule has 0 heterocycles. The zero-order valence-electron chi connectivity index (χ0n) is 15.4. The van der Waals surface area contributed by atoms with Crippen molar-refractivity contribution in [1.82, 2.24) is 0 Å². The summed E-state index contributed by atoms with van der Waals surface area (Å²) >= 11 is 12.2. The van der Waals surface area contributed by atoms with E-state index in [1.807, 2.05) is 30.3 Å².